The van der Waals surface area contributed by atoms with Gasteiger partial charge in [-0.25, -0.2) is 0 Å². The van der Waals surface area contributed by atoms with E-state index < -0.39 is 0 Å². The summed E-state index contributed by atoms with van der Waals surface area (Å²) in [6.07, 6.45) is 3.31. The summed E-state index contributed by atoms with van der Waals surface area (Å²) in [5, 5.41) is 0. The lowest BCUT2D eigenvalue weighted by atomic mass is 10.4. The summed E-state index contributed by atoms with van der Waals surface area (Å²) in [7, 11) is 0. The Morgan fingerprint density at radius 2 is 1.27 bits per heavy atom. The zero-order valence-corrected chi connectivity index (χ0v) is 8.04. The summed E-state index contributed by atoms with van der Waals surface area (Å²) < 4.78 is 2.95. The van der Waals surface area contributed by atoms with Gasteiger partial charge in [-0.2, -0.15) is 0 Å². The third-order valence-corrected chi connectivity index (χ3v) is 2.10. The predicted octanol–water partition coefficient (Wildman–Crippen LogP) is 0.516. The molecule has 2 heterocycles. The first kappa shape index (κ1) is 9.45. The first-order valence-electron chi connectivity index (χ1n) is 4.58. The smallest absolute Gasteiger partial charge is 0.251 e. The van der Waals surface area contributed by atoms with Crippen molar-refractivity contribution in [1.82, 2.24) is 9.13 Å². The molecule has 4 nitrogen and oxygen atoms in total. The molecule has 4 heteroatoms. The average Bonchev–Trinajstić information content (AvgIpc) is 2.24. The van der Waals surface area contributed by atoms with Gasteiger partial charge < -0.3 is 0 Å². The average molecular weight is 202 g/mol. The van der Waals surface area contributed by atoms with Gasteiger partial charge in [-0.3, -0.25) is 18.7 Å². The minimum absolute atomic E-state index is 0.117. The highest BCUT2D eigenvalue weighted by atomic mass is 16.1. The van der Waals surface area contributed by atoms with Crippen LogP contribution in [0.1, 0.15) is 0 Å². The van der Waals surface area contributed by atoms with Crippen LogP contribution in [-0.2, 0) is 6.67 Å². The normalized spacial score (nSPS) is 10.1. The second-order valence-corrected chi connectivity index (χ2v) is 3.16. The van der Waals surface area contributed by atoms with Crippen LogP contribution in [0.25, 0.3) is 0 Å². The monoisotopic (exact) mass is 202 g/mol. The largest absolute Gasteiger partial charge is 0.297 e. The SMILES string of the molecule is O=c1ccccn1Cn1ccccc1=O. The number of hydrogen-bond acceptors (Lipinski definition) is 2. The first-order valence-corrected chi connectivity index (χ1v) is 4.58. The highest BCUT2D eigenvalue weighted by Gasteiger charge is 1.96. The molecule has 0 aromatic carbocycles. The van der Waals surface area contributed by atoms with Gasteiger partial charge in [0.05, 0.1) is 0 Å². The Kier molecular flexibility index (Phi) is 2.49. The number of rotatable bonds is 2. The molecule has 2 aromatic rings. The second-order valence-electron chi connectivity index (χ2n) is 3.16. The summed E-state index contributed by atoms with van der Waals surface area (Å²) in [6.45, 7) is 0.249. The van der Waals surface area contributed by atoms with Gasteiger partial charge in [0.2, 0.25) is 0 Å². The maximum absolute atomic E-state index is 11.4. The fraction of sp³-hybridized carbons (Fsp3) is 0.0909. The molecule has 0 amide bonds. The summed E-state index contributed by atoms with van der Waals surface area (Å²) in [5.74, 6) is 0. The zero-order valence-electron chi connectivity index (χ0n) is 8.04. The number of aromatic nitrogens is 2. The van der Waals surface area contributed by atoms with E-state index in [4.69, 9.17) is 0 Å². The van der Waals surface area contributed by atoms with E-state index in [9.17, 15) is 9.59 Å². The van der Waals surface area contributed by atoms with Crippen LogP contribution in [0.15, 0.2) is 58.4 Å². The van der Waals surface area contributed by atoms with Crippen LogP contribution < -0.4 is 11.1 Å². The van der Waals surface area contributed by atoms with Crippen molar-refractivity contribution in [3.63, 3.8) is 0 Å². The van der Waals surface area contributed by atoms with Crippen LogP contribution in [-0.4, -0.2) is 9.13 Å². The van der Waals surface area contributed by atoms with Gasteiger partial charge >= 0.3 is 0 Å². The lowest BCUT2D eigenvalue weighted by Crippen LogP contribution is -2.27. The maximum atomic E-state index is 11.4. The van der Waals surface area contributed by atoms with Crippen LogP contribution in [0.3, 0.4) is 0 Å². The quantitative estimate of drug-likeness (QED) is 0.712. The highest BCUT2D eigenvalue weighted by molar-refractivity contribution is 4.96. The Bertz CT molecular complexity index is 517. The van der Waals surface area contributed by atoms with Crippen molar-refractivity contribution in [2.24, 2.45) is 0 Å². The van der Waals surface area contributed by atoms with E-state index in [-0.39, 0.29) is 17.8 Å². The molecule has 0 unspecified atom stereocenters. The van der Waals surface area contributed by atoms with E-state index >= 15 is 0 Å². The van der Waals surface area contributed by atoms with Crippen molar-refractivity contribution >= 4 is 0 Å². The van der Waals surface area contributed by atoms with Gasteiger partial charge in [-0.15, -0.1) is 0 Å². The molecule has 15 heavy (non-hydrogen) atoms. The molecule has 2 rings (SSSR count). The molecule has 2 aromatic heterocycles. The molecule has 0 radical (unpaired) electrons. The van der Waals surface area contributed by atoms with Gasteiger partial charge in [0, 0.05) is 24.5 Å². The van der Waals surface area contributed by atoms with Crippen molar-refractivity contribution in [2.75, 3.05) is 0 Å². The van der Waals surface area contributed by atoms with Crippen LogP contribution in [0.4, 0.5) is 0 Å². The van der Waals surface area contributed by atoms with E-state index in [1.165, 1.54) is 21.3 Å². The van der Waals surface area contributed by atoms with Crippen molar-refractivity contribution in [1.29, 1.82) is 0 Å². The Morgan fingerprint density at radius 3 is 1.67 bits per heavy atom. The van der Waals surface area contributed by atoms with Crippen molar-refractivity contribution in [2.45, 2.75) is 6.67 Å². The summed E-state index contributed by atoms with van der Waals surface area (Å²) in [5.41, 5.74) is -0.235. The summed E-state index contributed by atoms with van der Waals surface area (Å²) >= 11 is 0. The van der Waals surface area contributed by atoms with Crippen molar-refractivity contribution in [3.8, 4) is 0 Å². The molecule has 0 bridgehead atoms. The van der Waals surface area contributed by atoms with Crippen LogP contribution in [0.5, 0.6) is 0 Å². The molecule has 0 atom stereocenters. The van der Waals surface area contributed by atoms with E-state index in [1.807, 2.05) is 0 Å². The molecular weight excluding hydrogens is 192 g/mol. The van der Waals surface area contributed by atoms with Crippen molar-refractivity contribution < 1.29 is 0 Å². The molecule has 0 fully saturated rings. The topological polar surface area (TPSA) is 44.0 Å². The molecule has 0 aliphatic heterocycles. The zero-order chi connectivity index (χ0) is 10.7. The molecular formula is C11H10N2O2. The fourth-order valence-electron chi connectivity index (χ4n) is 1.32. The minimum atomic E-state index is -0.117. The second kappa shape index (κ2) is 3.96. The molecule has 0 saturated heterocycles. The van der Waals surface area contributed by atoms with Crippen LogP contribution >= 0.6 is 0 Å². The Morgan fingerprint density at radius 1 is 0.800 bits per heavy atom. The first-order chi connectivity index (χ1) is 7.27. The summed E-state index contributed by atoms with van der Waals surface area (Å²) in [6, 6.07) is 9.80. The Balaban J connectivity index is 2.39. The van der Waals surface area contributed by atoms with Gasteiger partial charge in [0.1, 0.15) is 6.67 Å². The van der Waals surface area contributed by atoms with E-state index in [0.717, 1.165) is 0 Å². The molecule has 0 N–H and O–H groups in total. The number of nitrogens with zero attached hydrogens (tertiary/aromatic N) is 2. The third kappa shape index (κ3) is 2.04. The van der Waals surface area contributed by atoms with Gasteiger partial charge in [-0.05, 0) is 12.1 Å². The van der Waals surface area contributed by atoms with E-state index in [2.05, 4.69) is 0 Å². The number of hydrogen-bond donors (Lipinski definition) is 0. The van der Waals surface area contributed by atoms with Gasteiger partial charge in [-0.1, -0.05) is 12.1 Å². The Labute approximate surface area is 86.0 Å². The minimum Gasteiger partial charge on any atom is -0.297 e. The third-order valence-electron chi connectivity index (χ3n) is 2.10. The molecule has 0 aliphatic rings. The fourth-order valence-corrected chi connectivity index (χ4v) is 1.32. The summed E-state index contributed by atoms with van der Waals surface area (Å²) in [4.78, 5) is 22.8. The van der Waals surface area contributed by atoms with Gasteiger partial charge in [0.25, 0.3) is 11.1 Å². The highest BCUT2D eigenvalue weighted by Crippen LogP contribution is 1.85. The van der Waals surface area contributed by atoms with Crippen LogP contribution in [0, 0.1) is 0 Å². The molecule has 0 saturated carbocycles. The molecule has 76 valence electrons. The number of pyridine rings is 2. The van der Waals surface area contributed by atoms with E-state index in [0.29, 0.717) is 0 Å². The van der Waals surface area contributed by atoms with E-state index in [1.54, 1.807) is 36.7 Å². The van der Waals surface area contributed by atoms with Crippen LogP contribution in [0.2, 0.25) is 0 Å². The Hall–Kier alpha value is -2.10. The molecule has 0 aliphatic carbocycles. The maximum Gasteiger partial charge on any atom is 0.251 e. The lowest BCUT2D eigenvalue weighted by Gasteiger charge is -2.06. The van der Waals surface area contributed by atoms with Crippen molar-refractivity contribution in [3.05, 3.63) is 69.5 Å². The standard InChI is InChI=1S/C11H10N2O2/c14-10-5-1-3-7-12(10)9-13-8-4-2-6-11(13)15/h1-8H,9H2. The molecule has 0 spiro atoms. The lowest BCUT2D eigenvalue weighted by molar-refractivity contribution is 0.572. The van der Waals surface area contributed by atoms with Gasteiger partial charge in [0.15, 0.2) is 0 Å². The predicted molar refractivity (Wildman–Crippen MR) is 56.8 cm³/mol.